The van der Waals surface area contributed by atoms with Gasteiger partial charge in [0.05, 0.1) is 16.6 Å². The van der Waals surface area contributed by atoms with E-state index in [1.54, 1.807) is 11.3 Å². The number of hydrogen-bond acceptors (Lipinski definition) is 3. The molecule has 108 valence electrons. The number of thiazole rings is 1. The van der Waals surface area contributed by atoms with Crippen molar-refractivity contribution in [2.45, 2.75) is 25.1 Å². The molecule has 0 radical (unpaired) electrons. The van der Waals surface area contributed by atoms with Gasteiger partial charge in [0.2, 0.25) is 0 Å². The van der Waals surface area contributed by atoms with E-state index in [2.05, 4.69) is 9.88 Å². The lowest BCUT2D eigenvalue weighted by Gasteiger charge is -2.18. The lowest BCUT2D eigenvalue weighted by molar-refractivity contribution is 0.627. The standard InChI is InChI=1S/C15H18ClFN2S/c1-19(14-7-5-12(17)6-8-14)9-3-2-4-15-18-13(10-16)11-20-15/h5-8,11H,2-4,9-10H2,1H3. The molecule has 0 bridgehead atoms. The first-order valence-electron chi connectivity index (χ1n) is 6.65. The maximum atomic E-state index is 12.8. The summed E-state index contributed by atoms with van der Waals surface area (Å²) in [6, 6.07) is 6.61. The van der Waals surface area contributed by atoms with Crippen molar-refractivity contribution in [2.75, 3.05) is 18.5 Å². The van der Waals surface area contributed by atoms with Gasteiger partial charge in [-0.1, -0.05) is 0 Å². The van der Waals surface area contributed by atoms with Crippen LogP contribution in [0.3, 0.4) is 0 Å². The van der Waals surface area contributed by atoms with Gasteiger partial charge in [0.25, 0.3) is 0 Å². The van der Waals surface area contributed by atoms with Gasteiger partial charge < -0.3 is 4.90 Å². The minimum absolute atomic E-state index is 0.194. The first-order chi connectivity index (χ1) is 9.69. The SMILES string of the molecule is CN(CCCCc1nc(CCl)cs1)c1ccc(F)cc1. The highest BCUT2D eigenvalue weighted by Crippen LogP contribution is 2.16. The molecule has 0 N–H and O–H groups in total. The zero-order valence-corrected chi connectivity index (χ0v) is 13.1. The highest BCUT2D eigenvalue weighted by atomic mass is 35.5. The second kappa shape index (κ2) is 7.60. The normalized spacial score (nSPS) is 10.8. The molecule has 2 aromatic rings. The van der Waals surface area contributed by atoms with Crippen molar-refractivity contribution in [3.63, 3.8) is 0 Å². The molecule has 1 heterocycles. The summed E-state index contributed by atoms with van der Waals surface area (Å²) in [5.41, 5.74) is 2.01. The summed E-state index contributed by atoms with van der Waals surface area (Å²) in [6.07, 6.45) is 3.18. The minimum atomic E-state index is -0.194. The van der Waals surface area contributed by atoms with Crippen LogP contribution in [0.25, 0.3) is 0 Å². The molecule has 0 aliphatic heterocycles. The third-order valence-corrected chi connectivity index (χ3v) is 4.37. The smallest absolute Gasteiger partial charge is 0.123 e. The Balaban J connectivity index is 1.71. The second-order valence-electron chi connectivity index (χ2n) is 4.72. The first-order valence-corrected chi connectivity index (χ1v) is 8.06. The van der Waals surface area contributed by atoms with Crippen LogP contribution in [-0.2, 0) is 12.3 Å². The number of aryl methyl sites for hydroxylation is 1. The number of halogens is 2. The summed E-state index contributed by atoms with van der Waals surface area (Å²) < 4.78 is 12.8. The predicted octanol–water partition coefficient (Wildman–Crippen LogP) is 4.48. The summed E-state index contributed by atoms with van der Waals surface area (Å²) in [5.74, 6) is 0.296. The zero-order valence-electron chi connectivity index (χ0n) is 11.5. The van der Waals surface area contributed by atoms with E-state index < -0.39 is 0 Å². The summed E-state index contributed by atoms with van der Waals surface area (Å²) in [4.78, 5) is 6.59. The molecule has 0 aliphatic rings. The Labute approximate surface area is 128 Å². The molecule has 5 heteroatoms. The number of aromatic nitrogens is 1. The summed E-state index contributed by atoms with van der Waals surface area (Å²) in [6.45, 7) is 0.958. The fourth-order valence-electron chi connectivity index (χ4n) is 1.97. The average molecular weight is 313 g/mol. The Morgan fingerprint density at radius 1 is 1.25 bits per heavy atom. The maximum Gasteiger partial charge on any atom is 0.123 e. The van der Waals surface area contributed by atoms with Gasteiger partial charge in [0.1, 0.15) is 5.82 Å². The monoisotopic (exact) mass is 312 g/mol. The fraction of sp³-hybridized carbons (Fsp3) is 0.400. The number of hydrogen-bond donors (Lipinski definition) is 0. The van der Waals surface area contributed by atoms with Gasteiger partial charge in [0, 0.05) is 24.7 Å². The molecule has 0 fully saturated rings. The summed E-state index contributed by atoms with van der Waals surface area (Å²) in [7, 11) is 2.03. The van der Waals surface area contributed by atoms with Crippen LogP contribution in [0, 0.1) is 5.82 Å². The number of rotatable bonds is 7. The molecule has 2 rings (SSSR count). The van der Waals surface area contributed by atoms with Crippen molar-refractivity contribution in [3.05, 3.63) is 46.2 Å². The van der Waals surface area contributed by atoms with Gasteiger partial charge in [0.15, 0.2) is 0 Å². The van der Waals surface area contributed by atoms with Gasteiger partial charge >= 0.3 is 0 Å². The second-order valence-corrected chi connectivity index (χ2v) is 5.93. The number of nitrogens with zero attached hydrogens (tertiary/aromatic N) is 2. The molecular weight excluding hydrogens is 295 g/mol. The van der Waals surface area contributed by atoms with E-state index in [9.17, 15) is 4.39 Å². The van der Waals surface area contributed by atoms with E-state index >= 15 is 0 Å². The van der Waals surface area contributed by atoms with E-state index in [-0.39, 0.29) is 5.82 Å². The molecule has 20 heavy (non-hydrogen) atoms. The minimum Gasteiger partial charge on any atom is -0.375 e. The Hall–Kier alpha value is -1.13. The lowest BCUT2D eigenvalue weighted by Crippen LogP contribution is -2.18. The van der Waals surface area contributed by atoms with Crippen LogP contribution in [0.2, 0.25) is 0 Å². The van der Waals surface area contributed by atoms with Gasteiger partial charge in [-0.15, -0.1) is 22.9 Å². The zero-order chi connectivity index (χ0) is 14.4. The van der Waals surface area contributed by atoms with Crippen LogP contribution in [0.5, 0.6) is 0 Å². The Kier molecular flexibility index (Phi) is 5.80. The van der Waals surface area contributed by atoms with Crippen LogP contribution >= 0.6 is 22.9 Å². The molecule has 0 saturated carbocycles. The molecule has 2 nitrogen and oxygen atoms in total. The van der Waals surface area contributed by atoms with Gasteiger partial charge in [-0.05, 0) is 43.5 Å². The number of unbranched alkanes of at least 4 members (excludes halogenated alkanes) is 1. The van der Waals surface area contributed by atoms with Crippen molar-refractivity contribution in [1.29, 1.82) is 0 Å². The van der Waals surface area contributed by atoms with Gasteiger partial charge in [-0.3, -0.25) is 0 Å². The maximum absolute atomic E-state index is 12.8. The molecule has 1 aromatic carbocycles. The summed E-state index contributed by atoms with van der Waals surface area (Å²) in [5, 5.41) is 3.18. The van der Waals surface area contributed by atoms with Crippen LogP contribution in [0.1, 0.15) is 23.5 Å². The third-order valence-electron chi connectivity index (χ3n) is 3.14. The average Bonchev–Trinajstić information content (AvgIpc) is 2.92. The molecule has 0 unspecified atom stereocenters. The predicted molar refractivity (Wildman–Crippen MR) is 84.3 cm³/mol. The number of alkyl halides is 1. The van der Waals surface area contributed by atoms with Crippen molar-refractivity contribution < 1.29 is 4.39 Å². The number of benzene rings is 1. The highest BCUT2D eigenvalue weighted by Gasteiger charge is 2.03. The third kappa shape index (κ3) is 4.46. The molecule has 0 saturated heterocycles. The lowest BCUT2D eigenvalue weighted by atomic mass is 10.2. The highest BCUT2D eigenvalue weighted by molar-refractivity contribution is 7.09. The quantitative estimate of drug-likeness (QED) is 0.553. The largest absolute Gasteiger partial charge is 0.375 e. The van der Waals surface area contributed by atoms with Crippen LogP contribution < -0.4 is 4.90 Å². The van der Waals surface area contributed by atoms with Gasteiger partial charge in [-0.25, -0.2) is 9.37 Å². The van der Waals surface area contributed by atoms with Crippen LogP contribution in [0.4, 0.5) is 10.1 Å². The van der Waals surface area contributed by atoms with Crippen LogP contribution in [0.15, 0.2) is 29.6 Å². The van der Waals surface area contributed by atoms with E-state index in [0.717, 1.165) is 42.2 Å². The van der Waals surface area contributed by atoms with E-state index in [4.69, 9.17) is 11.6 Å². The van der Waals surface area contributed by atoms with E-state index in [1.807, 2.05) is 24.6 Å². The van der Waals surface area contributed by atoms with E-state index in [0.29, 0.717) is 5.88 Å². The Bertz CT molecular complexity index is 527. The first kappa shape index (κ1) is 15.3. The van der Waals surface area contributed by atoms with Crippen LogP contribution in [-0.4, -0.2) is 18.6 Å². The summed E-state index contributed by atoms with van der Waals surface area (Å²) >= 11 is 7.41. The molecule has 0 spiro atoms. The van der Waals surface area contributed by atoms with Crippen molar-refractivity contribution >= 4 is 28.6 Å². The Morgan fingerprint density at radius 3 is 2.65 bits per heavy atom. The van der Waals surface area contributed by atoms with Gasteiger partial charge in [-0.2, -0.15) is 0 Å². The molecule has 1 aromatic heterocycles. The Morgan fingerprint density at radius 2 is 2.00 bits per heavy atom. The molecule has 0 aliphatic carbocycles. The van der Waals surface area contributed by atoms with E-state index in [1.165, 1.54) is 12.1 Å². The number of anilines is 1. The van der Waals surface area contributed by atoms with Crippen molar-refractivity contribution in [2.24, 2.45) is 0 Å². The fourth-order valence-corrected chi connectivity index (χ4v) is 3.04. The van der Waals surface area contributed by atoms with Crippen molar-refractivity contribution in [3.8, 4) is 0 Å². The molecule has 0 amide bonds. The van der Waals surface area contributed by atoms with Crippen molar-refractivity contribution in [1.82, 2.24) is 4.98 Å². The molecule has 0 atom stereocenters. The topological polar surface area (TPSA) is 16.1 Å². The molecular formula is C15H18ClFN2S.